The first-order valence-electron chi connectivity index (χ1n) is 11.5. The van der Waals surface area contributed by atoms with Gasteiger partial charge in [0, 0.05) is 35.3 Å². The van der Waals surface area contributed by atoms with Gasteiger partial charge in [-0.05, 0) is 36.4 Å². The van der Waals surface area contributed by atoms with Crippen LogP contribution in [0.15, 0.2) is 59.1 Å². The first kappa shape index (κ1) is 23.2. The fraction of sp³-hybridized carbons (Fsp3) is 0.222. The molecule has 0 aliphatic carbocycles. The Morgan fingerprint density at radius 3 is 2.53 bits per heavy atom. The Bertz CT molecular complexity index is 1570. The van der Waals surface area contributed by atoms with Crippen LogP contribution in [0.5, 0.6) is 11.6 Å². The fourth-order valence-corrected chi connectivity index (χ4v) is 4.37. The smallest absolute Gasteiger partial charge is 0.273 e. The monoisotopic (exact) mass is 485 g/mol. The summed E-state index contributed by atoms with van der Waals surface area (Å²) in [5.41, 5.74) is 4.39. The molecular formula is C27H27N5O4. The predicted octanol–water partition coefficient (Wildman–Crippen LogP) is 5.05. The van der Waals surface area contributed by atoms with Crippen LogP contribution in [-0.2, 0) is 5.41 Å². The van der Waals surface area contributed by atoms with Crippen LogP contribution < -0.4 is 10.1 Å². The highest BCUT2D eigenvalue weighted by Crippen LogP contribution is 2.46. The van der Waals surface area contributed by atoms with E-state index in [1.54, 1.807) is 17.7 Å². The molecule has 2 aromatic carbocycles. The first-order valence-corrected chi connectivity index (χ1v) is 11.5. The molecular weight excluding hydrogens is 458 g/mol. The summed E-state index contributed by atoms with van der Waals surface area (Å²) in [5, 5.41) is 26.2. The van der Waals surface area contributed by atoms with Crippen molar-refractivity contribution in [2.24, 2.45) is 0 Å². The van der Waals surface area contributed by atoms with Crippen molar-refractivity contribution in [1.29, 1.82) is 0 Å². The maximum Gasteiger partial charge on any atom is 0.273 e. The summed E-state index contributed by atoms with van der Waals surface area (Å²) < 4.78 is 12.8. The van der Waals surface area contributed by atoms with Crippen molar-refractivity contribution in [2.45, 2.75) is 26.2 Å². The van der Waals surface area contributed by atoms with Crippen molar-refractivity contribution in [3.8, 4) is 39.9 Å². The van der Waals surface area contributed by atoms with Gasteiger partial charge in [-0.25, -0.2) is 0 Å². The number of H-pyrrole nitrogens is 1. The lowest BCUT2D eigenvalue weighted by Crippen LogP contribution is -2.17. The Kier molecular flexibility index (Phi) is 5.55. The molecule has 5 rings (SSSR count). The largest absolute Gasteiger partial charge is 0.496 e. The van der Waals surface area contributed by atoms with Gasteiger partial charge in [-0.3, -0.25) is 14.5 Å². The summed E-state index contributed by atoms with van der Waals surface area (Å²) in [6, 6.07) is 16.7. The number of nitrogens with one attached hydrogen (secondary N) is 2. The van der Waals surface area contributed by atoms with Gasteiger partial charge in [0.2, 0.25) is 5.88 Å². The highest BCUT2D eigenvalue weighted by atomic mass is 16.5. The Morgan fingerprint density at radius 1 is 1.14 bits per heavy atom. The van der Waals surface area contributed by atoms with Crippen LogP contribution in [0.1, 0.15) is 37.0 Å². The highest BCUT2D eigenvalue weighted by Gasteiger charge is 2.30. The van der Waals surface area contributed by atoms with Crippen molar-refractivity contribution >= 4 is 16.8 Å². The number of carbonyl (C=O) groups is 1. The van der Waals surface area contributed by atoms with E-state index >= 15 is 0 Å². The van der Waals surface area contributed by atoms with Crippen molar-refractivity contribution in [3.63, 3.8) is 0 Å². The molecule has 36 heavy (non-hydrogen) atoms. The molecule has 9 nitrogen and oxygen atoms in total. The number of hydrogen-bond acceptors (Lipinski definition) is 6. The van der Waals surface area contributed by atoms with Crippen LogP contribution in [-0.4, -0.2) is 45.1 Å². The average molecular weight is 486 g/mol. The second-order valence-electron chi connectivity index (χ2n) is 9.48. The molecule has 0 aliphatic rings. The Labute approximate surface area is 207 Å². The van der Waals surface area contributed by atoms with E-state index in [2.05, 4.69) is 41.4 Å². The molecule has 3 aromatic heterocycles. The van der Waals surface area contributed by atoms with Crippen LogP contribution in [0, 0.1) is 0 Å². The molecule has 0 saturated carbocycles. The summed E-state index contributed by atoms with van der Waals surface area (Å²) in [7, 11) is 3.17. The SMILES string of the molecule is CNC(=O)c1cc(-c2ccc(-n3c(O)c4[nH]nc(C(C)(C)C)c4c3-c3ccccc3OC)cc2)on1. The van der Waals surface area contributed by atoms with E-state index < -0.39 is 0 Å². The van der Waals surface area contributed by atoms with Crippen LogP contribution in [0.3, 0.4) is 0 Å². The molecule has 0 saturated heterocycles. The van der Waals surface area contributed by atoms with E-state index in [4.69, 9.17) is 9.26 Å². The number of carbonyl (C=O) groups excluding carboxylic acids is 1. The van der Waals surface area contributed by atoms with Crippen molar-refractivity contribution in [1.82, 2.24) is 25.2 Å². The molecule has 1 amide bonds. The minimum absolute atomic E-state index is 0.0447. The van der Waals surface area contributed by atoms with Gasteiger partial charge in [0.15, 0.2) is 11.5 Å². The Balaban J connectivity index is 1.71. The number of benzene rings is 2. The van der Waals surface area contributed by atoms with Crippen LogP contribution in [0.4, 0.5) is 0 Å². The van der Waals surface area contributed by atoms with Crippen LogP contribution in [0.2, 0.25) is 0 Å². The highest BCUT2D eigenvalue weighted by molar-refractivity contribution is 6.02. The number of para-hydroxylation sites is 1. The lowest BCUT2D eigenvalue weighted by molar-refractivity contribution is 0.0954. The lowest BCUT2D eigenvalue weighted by Gasteiger charge is -2.18. The van der Waals surface area contributed by atoms with E-state index in [0.29, 0.717) is 17.0 Å². The molecule has 0 aliphatic heterocycles. The number of ether oxygens (including phenoxy) is 1. The first-order chi connectivity index (χ1) is 17.2. The molecule has 9 heteroatoms. The molecule has 0 atom stereocenters. The number of fused-ring (bicyclic) bond motifs is 1. The quantitative estimate of drug-likeness (QED) is 0.321. The minimum Gasteiger partial charge on any atom is -0.496 e. The summed E-state index contributed by atoms with van der Waals surface area (Å²) in [5.74, 6) is 0.870. The molecule has 0 spiro atoms. The number of methoxy groups -OCH3 is 1. The standard InChI is InChI=1S/C27H27N5O4/c1-27(2,3)24-21-22(29-30-24)26(34)32(23(21)17-8-6-7-9-19(17)35-5)16-12-10-15(11-13-16)20-14-18(31-36-20)25(33)28-4/h6-14,29,34H,1-5H3,(H,28,33). The second-order valence-corrected chi connectivity index (χ2v) is 9.48. The maximum atomic E-state index is 11.8. The zero-order valence-electron chi connectivity index (χ0n) is 20.7. The van der Waals surface area contributed by atoms with Gasteiger partial charge >= 0.3 is 0 Å². The number of aromatic hydroxyl groups is 1. The third kappa shape index (κ3) is 3.69. The third-order valence-corrected chi connectivity index (χ3v) is 6.11. The molecule has 184 valence electrons. The van der Waals surface area contributed by atoms with E-state index in [9.17, 15) is 9.90 Å². The molecule has 3 heterocycles. The summed E-state index contributed by atoms with van der Waals surface area (Å²) in [6.07, 6.45) is 0. The number of rotatable bonds is 5. The zero-order chi connectivity index (χ0) is 25.6. The van der Waals surface area contributed by atoms with E-state index in [1.165, 1.54) is 7.05 Å². The van der Waals surface area contributed by atoms with Crippen LogP contribution in [0.25, 0.3) is 39.2 Å². The van der Waals surface area contributed by atoms with E-state index in [1.807, 2.05) is 48.5 Å². The van der Waals surface area contributed by atoms with E-state index in [0.717, 1.165) is 33.6 Å². The number of aromatic nitrogens is 4. The van der Waals surface area contributed by atoms with Gasteiger partial charge in [0.25, 0.3) is 5.91 Å². The predicted molar refractivity (Wildman–Crippen MR) is 137 cm³/mol. The molecule has 0 unspecified atom stereocenters. The Hall–Kier alpha value is -4.53. The number of hydrogen-bond donors (Lipinski definition) is 3. The topological polar surface area (TPSA) is 118 Å². The van der Waals surface area contributed by atoms with Crippen molar-refractivity contribution in [2.75, 3.05) is 14.2 Å². The number of amides is 1. The summed E-state index contributed by atoms with van der Waals surface area (Å²) in [4.78, 5) is 11.8. The molecule has 0 bridgehead atoms. The normalized spacial score (nSPS) is 11.7. The molecule has 5 aromatic rings. The zero-order valence-corrected chi connectivity index (χ0v) is 20.7. The third-order valence-electron chi connectivity index (χ3n) is 6.11. The average Bonchev–Trinajstić information content (AvgIpc) is 3.59. The van der Waals surface area contributed by atoms with Gasteiger partial charge in [-0.1, -0.05) is 38.1 Å². The van der Waals surface area contributed by atoms with Gasteiger partial charge in [-0.2, -0.15) is 5.10 Å². The second kappa shape index (κ2) is 8.60. The van der Waals surface area contributed by atoms with Crippen molar-refractivity contribution < 1.29 is 19.2 Å². The Morgan fingerprint density at radius 2 is 1.86 bits per heavy atom. The van der Waals surface area contributed by atoms with Gasteiger partial charge in [0.05, 0.1) is 23.9 Å². The van der Waals surface area contributed by atoms with Crippen LogP contribution >= 0.6 is 0 Å². The van der Waals surface area contributed by atoms with Gasteiger partial charge in [0.1, 0.15) is 11.3 Å². The molecule has 0 fully saturated rings. The summed E-state index contributed by atoms with van der Waals surface area (Å²) >= 11 is 0. The number of aromatic amines is 1. The fourth-order valence-electron chi connectivity index (χ4n) is 4.37. The molecule has 3 N–H and O–H groups in total. The molecule has 0 radical (unpaired) electrons. The maximum absolute atomic E-state index is 11.8. The van der Waals surface area contributed by atoms with E-state index in [-0.39, 0.29) is 22.9 Å². The number of nitrogens with zero attached hydrogens (tertiary/aromatic N) is 3. The lowest BCUT2D eigenvalue weighted by atomic mass is 9.89. The minimum atomic E-state index is -0.321. The summed E-state index contributed by atoms with van der Waals surface area (Å²) in [6.45, 7) is 6.26. The van der Waals surface area contributed by atoms with Gasteiger partial charge < -0.3 is 19.7 Å². The van der Waals surface area contributed by atoms with Gasteiger partial charge in [-0.15, -0.1) is 0 Å². The van der Waals surface area contributed by atoms with Crippen molar-refractivity contribution in [3.05, 3.63) is 66.0 Å².